The van der Waals surface area contributed by atoms with Gasteiger partial charge in [-0.1, -0.05) is 23.2 Å². The van der Waals surface area contributed by atoms with Crippen molar-refractivity contribution in [2.24, 2.45) is 10.1 Å². The Kier molecular flexibility index (Phi) is 5.21. The minimum Gasteiger partial charge on any atom is -0.372 e. The molecule has 9 heteroatoms. The zero-order chi connectivity index (χ0) is 16.5. The molecule has 0 unspecified atom stereocenters. The van der Waals surface area contributed by atoms with E-state index in [1.165, 1.54) is 18.2 Å². The molecule has 2 rings (SSSR count). The van der Waals surface area contributed by atoms with Crippen molar-refractivity contribution in [1.82, 2.24) is 4.90 Å². The van der Waals surface area contributed by atoms with Gasteiger partial charge in [-0.3, -0.25) is 0 Å². The molecule has 1 aliphatic rings. The lowest BCUT2D eigenvalue weighted by Crippen LogP contribution is -2.51. The van der Waals surface area contributed by atoms with Gasteiger partial charge < -0.3 is 15.4 Å². The summed E-state index contributed by atoms with van der Waals surface area (Å²) >= 11 is 11.6. The van der Waals surface area contributed by atoms with Crippen molar-refractivity contribution in [3.05, 3.63) is 28.2 Å². The summed E-state index contributed by atoms with van der Waals surface area (Å²) in [5.41, 5.74) is 5.85. The Bertz CT molecular complexity index is 684. The van der Waals surface area contributed by atoms with Crippen LogP contribution >= 0.6 is 23.2 Å². The van der Waals surface area contributed by atoms with E-state index in [1.807, 2.05) is 13.8 Å². The monoisotopic (exact) mass is 365 g/mol. The Morgan fingerprint density at radius 2 is 1.86 bits per heavy atom. The highest BCUT2D eigenvalue weighted by atomic mass is 35.5. The first-order chi connectivity index (χ1) is 10.2. The van der Waals surface area contributed by atoms with E-state index in [0.717, 1.165) is 0 Å². The second kappa shape index (κ2) is 6.62. The number of nitrogens with two attached hydrogens (primary N) is 1. The highest BCUT2D eigenvalue weighted by Gasteiger charge is 2.25. The van der Waals surface area contributed by atoms with Crippen LogP contribution in [0.2, 0.25) is 10.0 Å². The summed E-state index contributed by atoms with van der Waals surface area (Å²) in [5, 5.41) is 0.415. The Morgan fingerprint density at radius 1 is 1.27 bits per heavy atom. The first-order valence-corrected chi connectivity index (χ1v) is 8.84. The van der Waals surface area contributed by atoms with Crippen molar-refractivity contribution in [2.45, 2.75) is 31.0 Å². The third-order valence-corrected chi connectivity index (χ3v) is 5.16. The first kappa shape index (κ1) is 17.3. The van der Waals surface area contributed by atoms with Crippen LogP contribution in [0.15, 0.2) is 27.5 Å². The van der Waals surface area contributed by atoms with Crippen LogP contribution in [0, 0.1) is 0 Å². The number of rotatable bonds is 2. The largest absolute Gasteiger partial charge is 0.372 e. The predicted molar refractivity (Wildman–Crippen MR) is 86.9 cm³/mol. The number of hydrogen-bond donors (Lipinski definition) is 1. The van der Waals surface area contributed by atoms with Gasteiger partial charge in [-0.2, -0.15) is 8.42 Å². The first-order valence-electron chi connectivity index (χ1n) is 6.65. The van der Waals surface area contributed by atoms with Crippen molar-refractivity contribution in [2.75, 3.05) is 13.1 Å². The van der Waals surface area contributed by atoms with Gasteiger partial charge in [-0.15, -0.1) is 4.40 Å². The highest BCUT2D eigenvalue weighted by Crippen LogP contribution is 2.25. The fourth-order valence-electron chi connectivity index (χ4n) is 2.24. The summed E-state index contributed by atoms with van der Waals surface area (Å²) in [5.74, 6) is -0.0620. The molecule has 122 valence electrons. The summed E-state index contributed by atoms with van der Waals surface area (Å²) in [4.78, 5) is 1.63. The smallest absolute Gasteiger partial charge is 0.285 e. The van der Waals surface area contributed by atoms with Gasteiger partial charge in [0.1, 0.15) is 0 Å². The molecule has 0 spiro atoms. The quantitative estimate of drug-likeness (QED) is 0.640. The summed E-state index contributed by atoms with van der Waals surface area (Å²) < 4.78 is 33.8. The van der Waals surface area contributed by atoms with Crippen LogP contribution in [0.1, 0.15) is 13.8 Å². The van der Waals surface area contributed by atoms with Gasteiger partial charge in [0, 0.05) is 13.1 Å². The van der Waals surface area contributed by atoms with Crippen LogP contribution in [0.3, 0.4) is 0 Å². The zero-order valence-electron chi connectivity index (χ0n) is 12.2. The number of nitrogens with zero attached hydrogens (tertiary/aromatic N) is 2. The van der Waals surface area contributed by atoms with Crippen molar-refractivity contribution in [3.63, 3.8) is 0 Å². The van der Waals surface area contributed by atoms with Crippen LogP contribution in [-0.4, -0.2) is 44.6 Å². The second-order valence-corrected chi connectivity index (χ2v) is 7.58. The van der Waals surface area contributed by atoms with E-state index in [0.29, 0.717) is 13.1 Å². The molecule has 0 saturated carbocycles. The summed E-state index contributed by atoms with van der Waals surface area (Å²) in [7, 11) is -3.95. The molecule has 1 fully saturated rings. The van der Waals surface area contributed by atoms with Crippen molar-refractivity contribution >= 4 is 39.2 Å². The third kappa shape index (κ3) is 4.04. The van der Waals surface area contributed by atoms with E-state index < -0.39 is 10.0 Å². The molecule has 1 saturated heterocycles. The molecule has 1 aromatic carbocycles. The van der Waals surface area contributed by atoms with E-state index in [9.17, 15) is 8.42 Å². The Morgan fingerprint density at radius 3 is 2.41 bits per heavy atom. The lowest BCUT2D eigenvalue weighted by molar-refractivity contribution is -0.0483. The zero-order valence-corrected chi connectivity index (χ0v) is 14.5. The van der Waals surface area contributed by atoms with Crippen LogP contribution in [0.4, 0.5) is 0 Å². The minimum atomic E-state index is -3.95. The molecule has 1 heterocycles. The van der Waals surface area contributed by atoms with Gasteiger partial charge in [0.25, 0.3) is 10.0 Å². The number of sulfonamides is 1. The fourth-order valence-corrected chi connectivity index (χ4v) is 3.57. The Balaban J connectivity index is 2.27. The van der Waals surface area contributed by atoms with Crippen LogP contribution < -0.4 is 5.73 Å². The molecule has 22 heavy (non-hydrogen) atoms. The molecule has 1 aliphatic heterocycles. The number of guanidine groups is 1. The van der Waals surface area contributed by atoms with E-state index in [1.54, 1.807) is 4.90 Å². The third-order valence-electron chi connectivity index (χ3n) is 3.15. The Labute approximate surface area is 139 Å². The number of benzene rings is 1. The molecular weight excluding hydrogens is 349 g/mol. The van der Waals surface area contributed by atoms with E-state index in [-0.39, 0.29) is 33.1 Å². The standard InChI is InChI=1S/C13H17Cl2N3O3S/c1-8-6-18(7-9(2)21-8)13(16)17-22(19,20)10-3-4-11(14)12(15)5-10/h3-5,8-9H,6-7H2,1-2H3,(H2,16,17)/t8-,9-/m1/s1. The van der Waals surface area contributed by atoms with Crippen molar-refractivity contribution < 1.29 is 13.2 Å². The second-order valence-electron chi connectivity index (χ2n) is 5.16. The minimum absolute atomic E-state index is 0.0508. The average molecular weight is 366 g/mol. The molecule has 1 aromatic rings. The van der Waals surface area contributed by atoms with Gasteiger partial charge >= 0.3 is 0 Å². The summed E-state index contributed by atoms with van der Waals surface area (Å²) in [6.45, 7) is 4.75. The SMILES string of the molecule is C[C@@H]1CN(C(N)=NS(=O)(=O)c2ccc(Cl)c(Cl)c2)C[C@@H](C)O1. The molecule has 2 N–H and O–H groups in total. The van der Waals surface area contributed by atoms with E-state index in [2.05, 4.69) is 4.40 Å². The van der Waals surface area contributed by atoms with Crippen LogP contribution in [0.5, 0.6) is 0 Å². The number of morpholine rings is 1. The lowest BCUT2D eigenvalue weighted by atomic mass is 10.2. The molecule has 0 amide bonds. The van der Waals surface area contributed by atoms with E-state index >= 15 is 0 Å². The summed E-state index contributed by atoms with van der Waals surface area (Å²) in [6.07, 6.45) is -0.102. The normalized spacial score (nSPS) is 23.6. The fraction of sp³-hybridized carbons (Fsp3) is 0.462. The molecule has 0 radical (unpaired) electrons. The van der Waals surface area contributed by atoms with Crippen LogP contribution in [-0.2, 0) is 14.8 Å². The lowest BCUT2D eigenvalue weighted by Gasteiger charge is -2.35. The van der Waals surface area contributed by atoms with Gasteiger partial charge in [-0.25, -0.2) is 0 Å². The maximum Gasteiger partial charge on any atom is 0.285 e. The summed E-state index contributed by atoms with van der Waals surface area (Å²) in [6, 6.07) is 3.99. The maximum absolute atomic E-state index is 12.3. The molecule has 0 bridgehead atoms. The van der Waals surface area contributed by atoms with Gasteiger partial charge in [0.2, 0.25) is 5.96 Å². The number of halogens is 2. The maximum atomic E-state index is 12.3. The molecule has 2 atom stereocenters. The average Bonchev–Trinajstić information content (AvgIpc) is 2.40. The van der Waals surface area contributed by atoms with Crippen molar-refractivity contribution in [1.29, 1.82) is 0 Å². The van der Waals surface area contributed by atoms with Gasteiger partial charge in [0.05, 0.1) is 27.1 Å². The van der Waals surface area contributed by atoms with Gasteiger partial charge in [-0.05, 0) is 32.0 Å². The van der Waals surface area contributed by atoms with Crippen molar-refractivity contribution in [3.8, 4) is 0 Å². The predicted octanol–water partition coefficient (Wildman–Crippen LogP) is 2.11. The van der Waals surface area contributed by atoms with Gasteiger partial charge in [0.15, 0.2) is 0 Å². The van der Waals surface area contributed by atoms with E-state index in [4.69, 9.17) is 33.7 Å². The Hall–Kier alpha value is -1.02. The van der Waals surface area contributed by atoms with Crippen LogP contribution in [0.25, 0.3) is 0 Å². The highest BCUT2D eigenvalue weighted by molar-refractivity contribution is 7.90. The molecule has 0 aliphatic carbocycles. The topological polar surface area (TPSA) is 85.0 Å². The molecule has 6 nitrogen and oxygen atoms in total. The molecule has 0 aromatic heterocycles. The number of hydrogen-bond acceptors (Lipinski definition) is 3. The number of ether oxygens (including phenoxy) is 1. The molecular formula is C13H17Cl2N3O3S.